The number of nitrogens with one attached hydrogen (secondary N) is 1. The molecule has 74 valence electrons. The molecule has 0 aliphatic carbocycles. The van der Waals surface area contributed by atoms with E-state index in [2.05, 4.69) is 4.98 Å². The number of carbonyl (C=O) groups excluding carboxylic acids is 1. The molecule has 1 aromatic heterocycles. The Hall–Kier alpha value is -1.91. The van der Waals surface area contributed by atoms with Crippen LogP contribution in [0, 0.1) is 12.3 Å². The molecule has 1 aromatic rings. The lowest BCUT2D eigenvalue weighted by atomic mass is 10.2. The number of aromatic nitrogens is 2. The van der Waals surface area contributed by atoms with Crippen molar-refractivity contribution in [2.75, 3.05) is 5.84 Å². The standard InChI is InChI=1S/C9H12N4O/c1-3-4-8-12-6(2)7(5-14)9(10)13(8)11/h3-5,10H,11H2,1-2H3/b4-3-,10-9?. The van der Waals surface area contributed by atoms with Gasteiger partial charge in [-0.05, 0) is 19.9 Å². The largest absolute Gasteiger partial charge is 0.336 e. The number of carbonyl (C=O) groups is 1. The molecule has 1 heterocycles. The predicted molar refractivity (Wildman–Crippen MR) is 53.1 cm³/mol. The van der Waals surface area contributed by atoms with Crippen molar-refractivity contribution in [1.29, 1.82) is 5.41 Å². The van der Waals surface area contributed by atoms with Gasteiger partial charge in [-0.15, -0.1) is 0 Å². The maximum absolute atomic E-state index is 10.6. The first-order chi connectivity index (χ1) is 6.61. The van der Waals surface area contributed by atoms with Crippen LogP contribution in [0.1, 0.15) is 28.8 Å². The smallest absolute Gasteiger partial charge is 0.158 e. The minimum atomic E-state index is -0.0272. The van der Waals surface area contributed by atoms with Crippen molar-refractivity contribution in [2.45, 2.75) is 13.8 Å². The molecule has 0 aliphatic rings. The molecule has 0 aromatic carbocycles. The zero-order valence-electron chi connectivity index (χ0n) is 8.11. The quantitative estimate of drug-likeness (QED) is 0.519. The average molecular weight is 192 g/mol. The second-order valence-electron chi connectivity index (χ2n) is 2.81. The summed E-state index contributed by atoms with van der Waals surface area (Å²) in [5.74, 6) is 6.03. The lowest BCUT2D eigenvalue weighted by molar-refractivity contribution is 0.112. The van der Waals surface area contributed by atoms with Gasteiger partial charge in [-0.25, -0.2) is 9.66 Å². The molecule has 0 aliphatic heterocycles. The lowest BCUT2D eigenvalue weighted by Crippen LogP contribution is -2.33. The topological polar surface area (TPSA) is 84.8 Å². The molecule has 0 spiro atoms. The molecular weight excluding hydrogens is 180 g/mol. The Morgan fingerprint density at radius 2 is 2.21 bits per heavy atom. The van der Waals surface area contributed by atoms with Gasteiger partial charge in [0.1, 0.15) is 0 Å². The summed E-state index contributed by atoms with van der Waals surface area (Å²) >= 11 is 0. The van der Waals surface area contributed by atoms with Gasteiger partial charge in [-0.3, -0.25) is 10.2 Å². The molecule has 0 unspecified atom stereocenters. The van der Waals surface area contributed by atoms with Crippen LogP contribution in [0.15, 0.2) is 6.08 Å². The van der Waals surface area contributed by atoms with Crippen LogP contribution in [-0.2, 0) is 0 Å². The zero-order chi connectivity index (χ0) is 10.7. The Labute approximate surface area is 81.4 Å². The summed E-state index contributed by atoms with van der Waals surface area (Å²) in [5.41, 5.74) is 0.709. The van der Waals surface area contributed by atoms with Gasteiger partial charge in [-0.1, -0.05) is 6.08 Å². The van der Waals surface area contributed by atoms with E-state index in [1.165, 1.54) is 0 Å². The summed E-state index contributed by atoms with van der Waals surface area (Å²) in [7, 11) is 0. The van der Waals surface area contributed by atoms with E-state index in [4.69, 9.17) is 11.3 Å². The van der Waals surface area contributed by atoms with Gasteiger partial charge < -0.3 is 5.84 Å². The number of rotatable bonds is 2. The Bertz CT molecular complexity index is 445. The summed E-state index contributed by atoms with van der Waals surface area (Å²) in [6.07, 6.45) is 4.04. The van der Waals surface area contributed by atoms with Crippen molar-refractivity contribution in [3.8, 4) is 0 Å². The van der Waals surface area contributed by atoms with Crippen LogP contribution in [0.2, 0.25) is 0 Å². The molecule has 0 amide bonds. The van der Waals surface area contributed by atoms with Crippen molar-refractivity contribution >= 4 is 12.4 Å². The van der Waals surface area contributed by atoms with Crippen LogP contribution in [0.5, 0.6) is 0 Å². The normalized spacial score (nSPS) is 10.7. The Morgan fingerprint density at radius 1 is 1.57 bits per heavy atom. The van der Waals surface area contributed by atoms with Crippen molar-refractivity contribution in [1.82, 2.24) is 9.66 Å². The Morgan fingerprint density at radius 3 is 2.71 bits per heavy atom. The highest BCUT2D eigenvalue weighted by atomic mass is 16.1. The summed E-state index contributed by atoms with van der Waals surface area (Å²) in [6.45, 7) is 3.50. The SMILES string of the molecule is C/C=C\c1nc(C)c(C=O)c(=N)n1N. The van der Waals surface area contributed by atoms with Crippen molar-refractivity contribution in [3.63, 3.8) is 0 Å². The van der Waals surface area contributed by atoms with Crippen LogP contribution in [0.4, 0.5) is 0 Å². The average Bonchev–Trinajstić information content (AvgIpc) is 2.15. The number of nitrogen functional groups attached to an aromatic ring is 1. The van der Waals surface area contributed by atoms with Gasteiger partial charge in [0.15, 0.2) is 17.6 Å². The molecule has 3 N–H and O–H groups in total. The van der Waals surface area contributed by atoms with E-state index in [1.807, 2.05) is 6.92 Å². The highest BCUT2D eigenvalue weighted by Gasteiger charge is 2.06. The van der Waals surface area contributed by atoms with E-state index in [-0.39, 0.29) is 11.1 Å². The first-order valence-corrected chi connectivity index (χ1v) is 4.13. The lowest BCUT2D eigenvalue weighted by Gasteiger charge is -2.07. The molecule has 0 fully saturated rings. The fourth-order valence-corrected chi connectivity index (χ4v) is 1.11. The van der Waals surface area contributed by atoms with Crippen LogP contribution in [0.3, 0.4) is 0 Å². The fourth-order valence-electron chi connectivity index (χ4n) is 1.11. The molecule has 5 heteroatoms. The summed E-state index contributed by atoms with van der Waals surface area (Å²) < 4.78 is 1.08. The third-order valence-corrected chi connectivity index (χ3v) is 1.85. The van der Waals surface area contributed by atoms with Gasteiger partial charge in [0.05, 0.1) is 11.3 Å². The number of allylic oxidation sites excluding steroid dienone is 1. The third-order valence-electron chi connectivity index (χ3n) is 1.85. The highest BCUT2D eigenvalue weighted by molar-refractivity contribution is 5.75. The molecule has 5 nitrogen and oxygen atoms in total. The molecule has 0 bridgehead atoms. The van der Waals surface area contributed by atoms with Crippen LogP contribution in [-0.4, -0.2) is 15.9 Å². The van der Waals surface area contributed by atoms with E-state index < -0.39 is 0 Å². The number of aryl methyl sites for hydroxylation is 1. The molecule has 14 heavy (non-hydrogen) atoms. The monoisotopic (exact) mass is 192 g/mol. The first kappa shape index (κ1) is 10.2. The van der Waals surface area contributed by atoms with E-state index >= 15 is 0 Å². The van der Waals surface area contributed by atoms with Crippen LogP contribution in [0.25, 0.3) is 6.08 Å². The van der Waals surface area contributed by atoms with Crippen LogP contribution >= 0.6 is 0 Å². The summed E-state index contributed by atoms with van der Waals surface area (Å²) in [4.78, 5) is 14.7. The number of hydrogen-bond acceptors (Lipinski definition) is 4. The second-order valence-corrected chi connectivity index (χ2v) is 2.81. The first-order valence-electron chi connectivity index (χ1n) is 4.13. The molecule has 0 radical (unpaired) electrons. The summed E-state index contributed by atoms with van der Waals surface area (Å²) in [5, 5.41) is 7.59. The number of nitrogens with zero attached hydrogens (tertiary/aromatic N) is 2. The van der Waals surface area contributed by atoms with Crippen molar-refractivity contribution in [3.05, 3.63) is 28.6 Å². The Kier molecular flexibility index (Phi) is 2.81. The minimum Gasteiger partial charge on any atom is -0.336 e. The Balaban J connectivity index is 3.55. The molecular formula is C9H12N4O. The fraction of sp³-hybridized carbons (Fsp3) is 0.222. The van der Waals surface area contributed by atoms with Crippen molar-refractivity contribution < 1.29 is 4.79 Å². The van der Waals surface area contributed by atoms with E-state index in [0.29, 0.717) is 17.8 Å². The maximum atomic E-state index is 10.6. The van der Waals surface area contributed by atoms with Gasteiger partial charge in [0.2, 0.25) is 0 Å². The van der Waals surface area contributed by atoms with E-state index in [1.54, 1.807) is 19.1 Å². The molecule has 0 saturated heterocycles. The molecule has 1 rings (SSSR count). The number of nitrogens with two attached hydrogens (primary N) is 1. The van der Waals surface area contributed by atoms with E-state index in [9.17, 15) is 4.79 Å². The van der Waals surface area contributed by atoms with E-state index in [0.717, 1.165) is 4.68 Å². The molecule has 0 saturated carbocycles. The predicted octanol–water partition coefficient (Wildman–Crippen LogP) is 0.230. The van der Waals surface area contributed by atoms with Crippen molar-refractivity contribution in [2.24, 2.45) is 0 Å². The van der Waals surface area contributed by atoms with Gasteiger partial charge in [0, 0.05) is 0 Å². The second kappa shape index (κ2) is 3.87. The zero-order valence-corrected chi connectivity index (χ0v) is 8.11. The highest BCUT2D eigenvalue weighted by Crippen LogP contribution is 1.99. The minimum absolute atomic E-state index is 0.0272. The van der Waals surface area contributed by atoms with Gasteiger partial charge in [-0.2, -0.15) is 0 Å². The number of aldehydes is 1. The van der Waals surface area contributed by atoms with Crippen LogP contribution < -0.4 is 11.3 Å². The van der Waals surface area contributed by atoms with Gasteiger partial charge in [0.25, 0.3) is 0 Å². The third kappa shape index (κ3) is 1.56. The maximum Gasteiger partial charge on any atom is 0.158 e. The van der Waals surface area contributed by atoms with Gasteiger partial charge >= 0.3 is 0 Å². The number of hydrogen-bond donors (Lipinski definition) is 2. The molecule has 0 atom stereocenters. The summed E-state index contributed by atoms with van der Waals surface area (Å²) in [6, 6.07) is 0.